The number of imidazole rings is 1. The van der Waals surface area contributed by atoms with Gasteiger partial charge in [-0.15, -0.1) is 0 Å². The molecule has 2 N–H and O–H groups in total. The molecule has 3 aromatic rings. The van der Waals surface area contributed by atoms with Crippen LogP contribution < -0.4 is 5.32 Å². The van der Waals surface area contributed by atoms with Crippen molar-refractivity contribution in [1.29, 1.82) is 0 Å². The molecule has 0 unspecified atom stereocenters. The van der Waals surface area contributed by atoms with E-state index in [0.29, 0.717) is 11.6 Å². The lowest BCUT2D eigenvalue weighted by Crippen LogP contribution is -2.26. The summed E-state index contributed by atoms with van der Waals surface area (Å²) in [5.74, 6) is 0.683. The van der Waals surface area contributed by atoms with Gasteiger partial charge in [-0.25, -0.2) is 4.98 Å². The molecule has 6 heteroatoms. The van der Waals surface area contributed by atoms with E-state index in [4.69, 9.17) is 16.3 Å². The lowest BCUT2D eigenvalue weighted by Gasteiger charge is -2.10. The Morgan fingerprint density at radius 1 is 1.25 bits per heavy atom. The lowest BCUT2D eigenvalue weighted by atomic mass is 10.2. The molecule has 1 aliphatic heterocycles. The minimum atomic E-state index is -0.329. The molecule has 2 aromatic carbocycles. The topological polar surface area (TPSA) is 67.0 Å². The summed E-state index contributed by atoms with van der Waals surface area (Å²) in [6.07, 6.45) is 1.39. The summed E-state index contributed by atoms with van der Waals surface area (Å²) in [4.78, 5) is 19.9. The van der Waals surface area contributed by atoms with Crippen molar-refractivity contribution in [2.45, 2.75) is 18.9 Å². The van der Waals surface area contributed by atoms with Crippen LogP contribution in [0.1, 0.15) is 12.8 Å². The van der Waals surface area contributed by atoms with Gasteiger partial charge >= 0.3 is 0 Å². The molecule has 5 nitrogen and oxygen atoms in total. The normalized spacial score (nSPS) is 17.3. The van der Waals surface area contributed by atoms with Gasteiger partial charge in [0, 0.05) is 22.9 Å². The van der Waals surface area contributed by atoms with Gasteiger partial charge in [-0.05, 0) is 55.3 Å². The number of nitrogens with one attached hydrogen (secondary N) is 2. The fourth-order valence-corrected chi connectivity index (χ4v) is 3.01. The summed E-state index contributed by atoms with van der Waals surface area (Å²) < 4.78 is 5.39. The van der Waals surface area contributed by atoms with Crippen molar-refractivity contribution in [3.63, 3.8) is 0 Å². The summed E-state index contributed by atoms with van der Waals surface area (Å²) in [5.41, 5.74) is 3.45. The van der Waals surface area contributed by atoms with E-state index in [2.05, 4.69) is 15.3 Å². The molecular weight excluding hydrogens is 326 g/mol. The second kappa shape index (κ2) is 6.26. The number of halogens is 1. The molecule has 1 amide bonds. The first-order chi connectivity index (χ1) is 11.7. The number of carbonyl (C=O) groups excluding carboxylic acids is 1. The summed E-state index contributed by atoms with van der Waals surface area (Å²) in [6, 6.07) is 13.1. The Morgan fingerprint density at radius 2 is 2.08 bits per heavy atom. The van der Waals surface area contributed by atoms with E-state index in [1.54, 1.807) is 0 Å². The number of ether oxygens (including phenoxy) is 1. The van der Waals surface area contributed by atoms with E-state index in [1.165, 1.54) is 0 Å². The van der Waals surface area contributed by atoms with Crippen LogP contribution in [-0.4, -0.2) is 28.6 Å². The molecule has 1 atom stereocenters. The number of rotatable bonds is 3. The smallest absolute Gasteiger partial charge is 0.253 e. The average molecular weight is 342 g/mol. The summed E-state index contributed by atoms with van der Waals surface area (Å²) in [5, 5.41) is 3.56. The number of carbonyl (C=O) groups is 1. The third-order valence-electron chi connectivity index (χ3n) is 4.09. The van der Waals surface area contributed by atoms with Crippen molar-refractivity contribution in [3.8, 4) is 11.4 Å². The molecule has 4 rings (SSSR count). The van der Waals surface area contributed by atoms with E-state index in [9.17, 15) is 4.79 Å². The Hall–Kier alpha value is -2.37. The second-order valence-corrected chi connectivity index (χ2v) is 6.25. The Bertz CT molecular complexity index is 883. The first-order valence-electron chi connectivity index (χ1n) is 7.87. The summed E-state index contributed by atoms with van der Waals surface area (Å²) >= 11 is 6.00. The zero-order valence-corrected chi connectivity index (χ0v) is 13.6. The number of fused-ring (bicyclic) bond motifs is 1. The molecule has 0 aliphatic carbocycles. The minimum absolute atomic E-state index is 0.0846. The molecule has 0 saturated carbocycles. The van der Waals surface area contributed by atoms with Crippen LogP contribution in [0.2, 0.25) is 5.02 Å². The number of H-pyrrole nitrogens is 1. The highest BCUT2D eigenvalue weighted by Gasteiger charge is 2.23. The van der Waals surface area contributed by atoms with Crippen LogP contribution in [0.4, 0.5) is 5.69 Å². The summed E-state index contributed by atoms with van der Waals surface area (Å²) in [6.45, 7) is 0.660. The number of nitrogens with zero attached hydrogens (tertiary/aromatic N) is 1. The number of aromatic nitrogens is 2. The third-order valence-corrected chi connectivity index (χ3v) is 4.33. The Balaban J connectivity index is 1.53. The van der Waals surface area contributed by atoms with Crippen LogP contribution in [0.5, 0.6) is 0 Å². The predicted octanol–water partition coefficient (Wildman–Crippen LogP) is 4.00. The molecule has 1 fully saturated rings. The average Bonchev–Trinajstić information content (AvgIpc) is 3.24. The molecule has 1 aliphatic rings. The fraction of sp³-hybridized carbons (Fsp3) is 0.222. The zero-order valence-electron chi connectivity index (χ0n) is 12.9. The van der Waals surface area contributed by atoms with E-state index in [1.807, 2.05) is 42.5 Å². The van der Waals surface area contributed by atoms with Gasteiger partial charge in [-0.1, -0.05) is 11.6 Å². The predicted molar refractivity (Wildman–Crippen MR) is 94.1 cm³/mol. The molecule has 2 heterocycles. The first-order valence-corrected chi connectivity index (χ1v) is 8.25. The second-order valence-electron chi connectivity index (χ2n) is 5.82. The lowest BCUT2D eigenvalue weighted by molar-refractivity contribution is -0.124. The van der Waals surface area contributed by atoms with Crippen molar-refractivity contribution < 1.29 is 9.53 Å². The van der Waals surface area contributed by atoms with Crippen LogP contribution in [0, 0.1) is 0 Å². The van der Waals surface area contributed by atoms with Crippen molar-refractivity contribution >= 4 is 34.2 Å². The van der Waals surface area contributed by atoms with E-state index in [0.717, 1.165) is 41.0 Å². The highest BCUT2D eigenvalue weighted by Crippen LogP contribution is 2.24. The molecule has 1 saturated heterocycles. The van der Waals surface area contributed by atoms with Gasteiger partial charge in [0.05, 0.1) is 11.0 Å². The van der Waals surface area contributed by atoms with Gasteiger partial charge in [0.1, 0.15) is 11.9 Å². The van der Waals surface area contributed by atoms with Gasteiger partial charge in [-0.3, -0.25) is 4.79 Å². The molecule has 122 valence electrons. The zero-order chi connectivity index (χ0) is 16.5. The molecule has 24 heavy (non-hydrogen) atoms. The van der Waals surface area contributed by atoms with E-state index in [-0.39, 0.29) is 12.0 Å². The standard InChI is InChI=1S/C18H16ClN3O2/c19-12-5-8-14-15(10-12)22-17(21-14)11-3-6-13(7-4-11)20-18(23)16-2-1-9-24-16/h3-8,10,16H,1-2,9H2,(H,20,23)(H,21,22)/t16-/m0/s1. The van der Waals surface area contributed by atoms with Crippen LogP contribution in [-0.2, 0) is 9.53 Å². The van der Waals surface area contributed by atoms with Crippen molar-refractivity contribution in [2.75, 3.05) is 11.9 Å². The fourth-order valence-electron chi connectivity index (χ4n) is 2.84. The quantitative estimate of drug-likeness (QED) is 0.756. The maximum absolute atomic E-state index is 12.1. The number of aromatic amines is 1. The van der Waals surface area contributed by atoms with Crippen LogP contribution in [0.3, 0.4) is 0 Å². The monoisotopic (exact) mass is 341 g/mol. The maximum Gasteiger partial charge on any atom is 0.253 e. The maximum atomic E-state index is 12.1. The highest BCUT2D eigenvalue weighted by molar-refractivity contribution is 6.31. The van der Waals surface area contributed by atoms with Gasteiger partial charge in [0.2, 0.25) is 0 Å². The Labute approximate surface area is 144 Å². The number of benzene rings is 2. The van der Waals surface area contributed by atoms with E-state index >= 15 is 0 Å². The van der Waals surface area contributed by atoms with Gasteiger partial charge < -0.3 is 15.0 Å². The van der Waals surface area contributed by atoms with Crippen LogP contribution in [0.25, 0.3) is 22.4 Å². The number of hydrogen-bond donors (Lipinski definition) is 2. The number of hydrogen-bond acceptors (Lipinski definition) is 3. The van der Waals surface area contributed by atoms with Crippen molar-refractivity contribution in [2.24, 2.45) is 0 Å². The molecule has 0 spiro atoms. The van der Waals surface area contributed by atoms with Gasteiger partial charge in [0.15, 0.2) is 0 Å². The largest absolute Gasteiger partial charge is 0.368 e. The number of anilines is 1. The minimum Gasteiger partial charge on any atom is -0.368 e. The first kappa shape index (κ1) is 15.2. The molecule has 0 radical (unpaired) electrons. The Kier molecular flexibility index (Phi) is 3.96. The highest BCUT2D eigenvalue weighted by atomic mass is 35.5. The van der Waals surface area contributed by atoms with Gasteiger partial charge in [-0.2, -0.15) is 0 Å². The van der Waals surface area contributed by atoms with Crippen molar-refractivity contribution in [1.82, 2.24) is 9.97 Å². The molecular formula is C18H16ClN3O2. The SMILES string of the molecule is O=C(Nc1ccc(-c2nc3ccc(Cl)cc3[nH]2)cc1)[C@@H]1CCCO1. The van der Waals surface area contributed by atoms with Crippen molar-refractivity contribution in [3.05, 3.63) is 47.5 Å². The summed E-state index contributed by atoms with van der Waals surface area (Å²) in [7, 11) is 0. The molecule has 0 bridgehead atoms. The van der Waals surface area contributed by atoms with E-state index < -0.39 is 0 Å². The van der Waals surface area contributed by atoms with Crippen LogP contribution in [0.15, 0.2) is 42.5 Å². The molecule has 1 aromatic heterocycles. The number of amides is 1. The van der Waals surface area contributed by atoms with Gasteiger partial charge in [0.25, 0.3) is 5.91 Å². The van der Waals surface area contributed by atoms with Crippen LogP contribution >= 0.6 is 11.6 Å². The Morgan fingerprint density at radius 3 is 2.83 bits per heavy atom. The third kappa shape index (κ3) is 3.00.